The fourth-order valence-electron chi connectivity index (χ4n) is 1.31. The van der Waals surface area contributed by atoms with Gasteiger partial charge in [-0.3, -0.25) is 0 Å². The zero-order valence-electron chi connectivity index (χ0n) is 11.2. The third kappa shape index (κ3) is 4.85. The average molecular weight is 254 g/mol. The predicted molar refractivity (Wildman–Crippen MR) is 71.5 cm³/mol. The first kappa shape index (κ1) is 14.7. The number of nitrogens with zero attached hydrogens (tertiary/aromatic N) is 2. The van der Waals surface area contributed by atoms with Gasteiger partial charge in [0.2, 0.25) is 0 Å². The normalized spacial score (nSPS) is 11.6. The number of nitrogens with one attached hydrogen (secondary N) is 1. The summed E-state index contributed by atoms with van der Waals surface area (Å²) in [7, 11) is 0. The van der Waals surface area contributed by atoms with E-state index in [9.17, 15) is 0 Å². The van der Waals surface area contributed by atoms with Crippen LogP contribution in [0.3, 0.4) is 0 Å². The highest BCUT2D eigenvalue weighted by molar-refractivity contribution is 5.45. The number of ether oxygens (including phenoxy) is 1. The van der Waals surface area contributed by atoms with E-state index in [1.54, 1.807) is 6.07 Å². The van der Waals surface area contributed by atoms with Gasteiger partial charge >= 0.3 is 0 Å². The first-order valence-corrected chi connectivity index (χ1v) is 6.01. The molecule has 0 saturated heterocycles. The lowest BCUT2D eigenvalue weighted by Crippen LogP contribution is -2.19. The molecule has 0 atom stereocenters. The van der Waals surface area contributed by atoms with Crippen LogP contribution in [0.1, 0.15) is 26.6 Å². The number of aromatic nitrogens is 2. The quantitative estimate of drug-likeness (QED) is 0.649. The van der Waals surface area contributed by atoms with Gasteiger partial charge in [0.05, 0.1) is 19.8 Å². The second-order valence-corrected chi connectivity index (χ2v) is 5.01. The van der Waals surface area contributed by atoms with Crippen molar-refractivity contribution < 1.29 is 9.84 Å². The third-order valence-electron chi connectivity index (χ3n) is 2.20. The van der Waals surface area contributed by atoms with Crippen LogP contribution in [0.5, 0.6) is 0 Å². The molecule has 0 amide bonds. The van der Waals surface area contributed by atoms with Crippen molar-refractivity contribution in [2.45, 2.75) is 26.2 Å². The smallest absolute Gasteiger partial charge is 0.138 e. The number of nitrogen functional groups attached to an aromatic ring is 1. The molecule has 1 rings (SSSR count). The number of aliphatic hydroxyl groups excluding tert-OH is 1. The number of rotatable bonds is 6. The van der Waals surface area contributed by atoms with E-state index in [0.717, 1.165) is 0 Å². The van der Waals surface area contributed by atoms with Crippen LogP contribution in [0.2, 0.25) is 0 Å². The van der Waals surface area contributed by atoms with E-state index in [-0.39, 0.29) is 12.0 Å². The van der Waals surface area contributed by atoms with Crippen LogP contribution in [0.4, 0.5) is 11.6 Å². The minimum absolute atomic E-state index is 0.0363. The summed E-state index contributed by atoms with van der Waals surface area (Å²) in [5, 5.41) is 11.7. The van der Waals surface area contributed by atoms with Gasteiger partial charge < -0.3 is 20.9 Å². The van der Waals surface area contributed by atoms with Crippen molar-refractivity contribution >= 4 is 11.6 Å². The molecule has 0 radical (unpaired) electrons. The van der Waals surface area contributed by atoms with E-state index < -0.39 is 0 Å². The van der Waals surface area contributed by atoms with Crippen molar-refractivity contribution in [1.29, 1.82) is 0 Å². The molecule has 6 nitrogen and oxygen atoms in total. The average Bonchev–Trinajstić information content (AvgIpc) is 2.27. The van der Waals surface area contributed by atoms with Crippen LogP contribution in [0.25, 0.3) is 0 Å². The van der Waals surface area contributed by atoms with Crippen LogP contribution >= 0.6 is 0 Å². The highest BCUT2D eigenvalue weighted by Crippen LogP contribution is 2.20. The Morgan fingerprint density at radius 3 is 2.67 bits per heavy atom. The van der Waals surface area contributed by atoms with Gasteiger partial charge in [-0.2, -0.15) is 0 Å². The Balaban J connectivity index is 2.58. The lowest BCUT2D eigenvalue weighted by molar-refractivity contribution is 0.0992. The Kier molecular flexibility index (Phi) is 5.30. The topological polar surface area (TPSA) is 93.3 Å². The first-order chi connectivity index (χ1) is 8.43. The summed E-state index contributed by atoms with van der Waals surface area (Å²) in [4.78, 5) is 8.64. The molecule has 0 bridgehead atoms. The van der Waals surface area contributed by atoms with E-state index in [2.05, 4.69) is 15.3 Å². The van der Waals surface area contributed by atoms with Crippen LogP contribution in [-0.4, -0.2) is 41.4 Å². The standard InChI is InChI=1S/C12H22N4O2/c1-12(2,3)11-15-9(13)8-10(16-11)14-4-6-18-7-5-17/h8,17H,4-7H2,1-3H3,(H3,13,14,15,16). The Morgan fingerprint density at radius 2 is 2.06 bits per heavy atom. The molecule has 0 fully saturated rings. The fourth-order valence-corrected chi connectivity index (χ4v) is 1.31. The largest absolute Gasteiger partial charge is 0.394 e. The highest BCUT2D eigenvalue weighted by Gasteiger charge is 2.18. The summed E-state index contributed by atoms with van der Waals surface area (Å²) in [5.74, 6) is 1.86. The number of aliphatic hydroxyl groups is 1. The minimum atomic E-state index is -0.140. The molecular weight excluding hydrogens is 232 g/mol. The van der Waals surface area contributed by atoms with E-state index in [1.165, 1.54) is 0 Å². The summed E-state index contributed by atoms with van der Waals surface area (Å²) in [5.41, 5.74) is 5.61. The molecule has 0 aliphatic heterocycles. The highest BCUT2D eigenvalue weighted by atomic mass is 16.5. The molecular formula is C12H22N4O2. The van der Waals surface area contributed by atoms with Crippen LogP contribution in [0, 0.1) is 0 Å². The monoisotopic (exact) mass is 254 g/mol. The number of anilines is 2. The van der Waals surface area contributed by atoms with E-state index in [0.29, 0.717) is 37.2 Å². The molecule has 1 heterocycles. The number of nitrogens with two attached hydrogens (primary N) is 1. The van der Waals surface area contributed by atoms with E-state index in [4.69, 9.17) is 15.6 Å². The second kappa shape index (κ2) is 6.51. The summed E-state index contributed by atoms with van der Waals surface area (Å²) in [6.45, 7) is 7.62. The molecule has 6 heteroatoms. The molecule has 0 aliphatic carbocycles. The van der Waals surface area contributed by atoms with Gasteiger partial charge in [-0.15, -0.1) is 0 Å². The molecule has 18 heavy (non-hydrogen) atoms. The summed E-state index contributed by atoms with van der Waals surface area (Å²) in [6, 6.07) is 1.70. The SMILES string of the molecule is CC(C)(C)c1nc(N)cc(NCCOCCO)n1. The minimum Gasteiger partial charge on any atom is -0.394 e. The van der Waals surface area contributed by atoms with Gasteiger partial charge in [-0.25, -0.2) is 9.97 Å². The van der Waals surface area contributed by atoms with Gasteiger partial charge in [0.15, 0.2) is 0 Å². The zero-order chi connectivity index (χ0) is 13.6. The lowest BCUT2D eigenvalue weighted by atomic mass is 9.96. The van der Waals surface area contributed by atoms with Crippen molar-refractivity contribution in [2.75, 3.05) is 37.4 Å². The lowest BCUT2D eigenvalue weighted by Gasteiger charge is -2.18. The molecule has 0 spiro atoms. The molecule has 1 aromatic rings. The third-order valence-corrected chi connectivity index (χ3v) is 2.20. The summed E-state index contributed by atoms with van der Waals surface area (Å²) < 4.78 is 5.15. The van der Waals surface area contributed by atoms with Gasteiger partial charge in [-0.05, 0) is 0 Å². The van der Waals surface area contributed by atoms with Crippen LogP contribution in [0.15, 0.2) is 6.07 Å². The van der Waals surface area contributed by atoms with Crippen molar-refractivity contribution in [2.24, 2.45) is 0 Å². The van der Waals surface area contributed by atoms with Crippen LogP contribution < -0.4 is 11.1 Å². The van der Waals surface area contributed by atoms with Crippen molar-refractivity contribution in [3.8, 4) is 0 Å². The predicted octanol–water partition coefficient (Wildman–Crippen LogP) is 0.777. The molecule has 0 aliphatic rings. The Morgan fingerprint density at radius 1 is 1.33 bits per heavy atom. The van der Waals surface area contributed by atoms with Crippen molar-refractivity contribution in [3.05, 3.63) is 11.9 Å². The van der Waals surface area contributed by atoms with Gasteiger partial charge in [0, 0.05) is 18.0 Å². The maximum absolute atomic E-state index is 8.56. The molecule has 1 aromatic heterocycles. The molecule has 0 saturated carbocycles. The maximum atomic E-state index is 8.56. The number of hydrogen-bond donors (Lipinski definition) is 3. The fraction of sp³-hybridized carbons (Fsp3) is 0.667. The molecule has 0 aromatic carbocycles. The maximum Gasteiger partial charge on any atom is 0.138 e. The van der Waals surface area contributed by atoms with E-state index in [1.807, 2.05) is 20.8 Å². The van der Waals surface area contributed by atoms with E-state index >= 15 is 0 Å². The first-order valence-electron chi connectivity index (χ1n) is 6.01. The summed E-state index contributed by atoms with van der Waals surface area (Å²) >= 11 is 0. The van der Waals surface area contributed by atoms with Gasteiger partial charge in [-0.1, -0.05) is 20.8 Å². The summed E-state index contributed by atoms with van der Waals surface area (Å²) in [6.07, 6.45) is 0. The zero-order valence-corrected chi connectivity index (χ0v) is 11.2. The second-order valence-electron chi connectivity index (χ2n) is 5.01. The van der Waals surface area contributed by atoms with Crippen molar-refractivity contribution in [3.63, 3.8) is 0 Å². The molecule has 0 unspecified atom stereocenters. The Hall–Kier alpha value is -1.40. The van der Waals surface area contributed by atoms with Crippen molar-refractivity contribution in [1.82, 2.24) is 9.97 Å². The molecule has 4 N–H and O–H groups in total. The number of hydrogen-bond acceptors (Lipinski definition) is 6. The Labute approximate surface area is 108 Å². The van der Waals surface area contributed by atoms with Gasteiger partial charge in [0.25, 0.3) is 0 Å². The van der Waals surface area contributed by atoms with Gasteiger partial charge in [0.1, 0.15) is 17.5 Å². The Bertz CT molecular complexity index is 377. The molecule has 102 valence electrons. The van der Waals surface area contributed by atoms with Crippen LogP contribution in [-0.2, 0) is 10.2 Å².